The number of Topliss-reactive ketones (excluding diaryl/α,β-unsaturated/α-hetero) is 1. The molecule has 0 atom stereocenters. The molecule has 15 heavy (non-hydrogen) atoms. The molecule has 0 aliphatic rings. The van der Waals surface area contributed by atoms with Gasteiger partial charge >= 0.3 is 5.97 Å². The van der Waals surface area contributed by atoms with Crippen LogP contribution >= 0.6 is 15.9 Å². The van der Waals surface area contributed by atoms with E-state index in [4.69, 9.17) is 9.84 Å². The normalized spacial score (nSPS) is 9.73. The predicted molar refractivity (Wildman–Crippen MR) is 57.3 cm³/mol. The molecular weight excluding hydrogens is 264 g/mol. The Bertz CT molecular complexity index is 400. The van der Waals surface area contributed by atoms with Crippen molar-refractivity contribution in [1.29, 1.82) is 0 Å². The van der Waals surface area contributed by atoms with Crippen molar-refractivity contribution in [3.8, 4) is 5.75 Å². The van der Waals surface area contributed by atoms with Gasteiger partial charge in [-0.05, 0) is 41.1 Å². The third kappa shape index (κ3) is 2.79. The molecule has 0 aromatic heterocycles. The molecule has 1 N–H and O–H groups in total. The Kier molecular flexibility index (Phi) is 3.85. The fourth-order valence-corrected chi connectivity index (χ4v) is 1.53. The molecule has 0 aliphatic heterocycles. The zero-order chi connectivity index (χ0) is 11.4. The van der Waals surface area contributed by atoms with Crippen molar-refractivity contribution in [2.45, 2.75) is 6.92 Å². The number of carboxylic acid groups (broad SMARTS) is 1. The number of ketones is 1. The average molecular weight is 273 g/mol. The highest BCUT2D eigenvalue weighted by molar-refractivity contribution is 9.10. The van der Waals surface area contributed by atoms with Crippen LogP contribution in [0.3, 0.4) is 0 Å². The number of halogens is 1. The SMILES string of the molecule is CCOc1ccc(C(=O)C(=O)O)cc1Br. The molecule has 1 aromatic rings. The zero-order valence-corrected chi connectivity index (χ0v) is 9.58. The number of benzene rings is 1. The van der Waals surface area contributed by atoms with Crippen LogP contribution in [0.5, 0.6) is 5.75 Å². The average Bonchev–Trinajstić information content (AvgIpc) is 2.20. The summed E-state index contributed by atoms with van der Waals surface area (Å²) in [5, 5.41) is 8.50. The minimum atomic E-state index is -1.47. The second-order valence-electron chi connectivity index (χ2n) is 2.71. The van der Waals surface area contributed by atoms with Gasteiger partial charge in [-0.3, -0.25) is 4.79 Å². The van der Waals surface area contributed by atoms with Crippen LogP contribution in [0.1, 0.15) is 17.3 Å². The van der Waals surface area contributed by atoms with E-state index in [9.17, 15) is 9.59 Å². The van der Waals surface area contributed by atoms with E-state index in [0.29, 0.717) is 16.8 Å². The van der Waals surface area contributed by atoms with Gasteiger partial charge in [-0.2, -0.15) is 0 Å². The summed E-state index contributed by atoms with van der Waals surface area (Å²) in [6.45, 7) is 2.34. The number of carbonyl (C=O) groups excluding carboxylic acids is 1. The van der Waals surface area contributed by atoms with Gasteiger partial charge in [-0.25, -0.2) is 4.79 Å². The van der Waals surface area contributed by atoms with Gasteiger partial charge in [0.15, 0.2) is 0 Å². The molecule has 80 valence electrons. The van der Waals surface area contributed by atoms with Gasteiger partial charge in [0.1, 0.15) is 5.75 Å². The molecule has 1 rings (SSSR count). The molecule has 0 aliphatic carbocycles. The van der Waals surface area contributed by atoms with Crippen LogP contribution in [-0.2, 0) is 4.79 Å². The van der Waals surface area contributed by atoms with Crippen molar-refractivity contribution < 1.29 is 19.4 Å². The van der Waals surface area contributed by atoms with Crippen LogP contribution in [0.15, 0.2) is 22.7 Å². The Morgan fingerprint density at radius 2 is 2.13 bits per heavy atom. The molecule has 0 bridgehead atoms. The largest absolute Gasteiger partial charge is 0.493 e. The molecule has 0 radical (unpaired) electrons. The van der Waals surface area contributed by atoms with Gasteiger partial charge in [0.05, 0.1) is 11.1 Å². The maximum atomic E-state index is 11.1. The summed E-state index contributed by atoms with van der Waals surface area (Å²) in [7, 11) is 0. The summed E-state index contributed by atoms with van der Waals surface area (Å²) in [6, 6.07) is 4.41. The van der Waals surface area contributed by atoms with Crippen LogP contribution < -0.4 is 4.74 Å². The second-order valence-corrected chi connectivity index (χ2v) is 3.57. The van der Waals surface area contributed by atoms with E-state index < -0.39 is 11.8 Å². The van der Waals surface area contributed by atoms with E-state index >= 15 is 0 Å². The van der Waals surface area contributed by atoms with E-state index in [1.54, 1.807) is 6.07 Å². The van der Waals surface area contributed by atoms with Gasteiger partial charge in [0.25, 0.3) is 5.78 Å². The molecular formula is C10H9BrO4. The van der Waals surface area contributed by atoms with Gasteiger partial charge in [-0.1, -0.05) is 0 Å². The highest BCUT2D eigenvalue weighted by Crippen LogP contribution is 2.26. The van der Waals surface area contributed by atoms with Crippen LogP contribution in [0.4, 0.5) is 0 Å². The molecule has 0 amide bonds. The smallest absolute Gasteiger partial charge is 0.377 e. The topological polar surface area (TPSA) is 63.6 Å². The number of rotatable bonds is 4. The Morgan fingerprint density at radius 1 is 1.47 bits per heavy atom. The lowest BCUT2D eigenvalue weighted by atomic mass is 10.1. The molecule has 1 aromatic carbocycles. The third-order valence-electron chi connectivity index (χ3n) is 1.69. The first-order valence-corrected chi connectivity index (χ1v) is 5.05. The van der Waals surface area contributed by atoms with E-state index in [-0.39, 0.29) is 5.56 Å². The van der Waals surface area contributed by atoms with Gasteiger partial charge in [-0.15, -0.1) is 0 Å². The predicted octanol–water partition coefficient (Wildman–Crippen LogP) is 2.12. The summed E-state index contributed by atoms with van der Waals surface area (Å²) < 4.78 is 5.79. The van der Waals surface area contributed by atoms with E-state index in [0.717, 1.165) is 0 Å². The highest BCUT2D eigenvalue weighted by Gasteiger charge is 2.15. The van der Waals surface area contributed by atoms with Crippen LogP contribution in [0.25, 0.3) is 0 Å². The molecule has 0 saturated heterocycles. The fourth-order valence-electron chi connectivity index (χ4n) is 1.04. The minimum absolute atomic E-state index is 0.123. The number of carboxylic acids is 1. The molecule has 0 fully saturated rings. The standard InChI is InChI=1S/C10H9BrO4/c1-2-15-8-4-3-6(5-7(8)11)9(12)10(13)14/h3-5H,2H2,1H3,(H,13,14). The van der Waals surface area contributed by atoms with Crippen molar-refractivity contribution in [3.63, 3.8) is 0 Å². The maximum Gasteiger partial charge on any atom is 0.377 e. The number of ether oxygens (including phenoxy) is 1. The van der Waals surface area contributed by atoms with E-state index in [2.05, 4.69) is 15.9 Å². The van der Waals surface area contributed by atoms with E-state index in [1.165, 1.54) is 12.1 Å². The lowest BCUT2D eigenvalue weighted by molar-refractivity contribution is -0.131. The highest BCUT2D eigenvalue weighted by atomic mass is 79.9. The zero-order valence-electron chi connectivity index (χ0n) is 7.99. The fraction of sp³-hybridized carbons (Fsp3) is 0.200. The maximum absolute atomic E-state index is 11.1. The van der Waals surface area contributed by atoms with Crippen molar-refractivity contribution in [2.75, 3.05) is 6.61 Å². The van der Waals surface area contributed by atoms with Crippen molar-refractivity contribution >= 4 is 27.7 Å². The first kappa shape index (κ1) is 11.7. The summed E-state index contributed by atoms with van der Waals surface area (Å²) in [5.41, 5.74) is 0.123. The Balaban J connectivity index is 3.01. The Labute approximate surface area is 95.0 Å². The van der Waals surface area contributed by atoms with Gasteiger partial charge in [0.2, 0.25) is 0 Å². The minimum Gasteiger partial charge on any atom is -0.493 e. The summed E-state index contributed by atoms with van der Waals surface area (Å²) in [4.78, 5) is 21.5. The quantitative estimate of drug-likeness (QED) is 0.674. The van der Waals surface area contributed by atoms with E-state index in [1.807, 2.05) is 6.92 Å². The third-order valence-corrected chi connectivity index (χ3v) is 2.31. The van der Waals surface area contributed by atoms with Crippen molar-refractivity contribution in [3.05, 3.63) is 28.2 Å². The van der Waals surface area contributed by atoms with Crippen LogP contribution in [-0.4, -0.2) is 23.5 Å². The monoisotopic (exact) mass is 272 g/mol. The van der Waals surface area contributed by atoms with Crippen LogP contribution in [0, 0.1) is 0 Å². The number of aliphatic carboxylic acids is 1. The first-order valence-electron chi connectivity index (χ1n) is 4.26. The number of hydrogen-bond donors (Lipinski definition) is 1. The Morgan fingerprint density at radius 3 is 2.60 bits per heavy atom. The summed E-state index contributed by atoms with van der Waals surface area (Å²) in [5.74, 6) is -1.82. The molecule has 0 spiro atoms. The molecule has 0 unspecified atom stereocenters. The molecule has 0 heterocycles. The van der Waals surface area contributed by atoms with Crippen molar-refractivity contribution in [2.24, 2.45) is 0 Å². The van der Waals surface area contributed by atoms with Crippen LogP contribution in [0.2, 0.25) is 0 Å². The molecule has 0 saturated carbocycles. The lowest BCUT2D eigenvalue weighted by Crippen LogP contribution is -2.12. The summed E-state index contributed by atoms with van der Waals surface area (Å²) >= 11 is 3.20. The molecule has 4 nitrogen and oxygen atoms in total. The molecule has 5 heteroatoms. The first-order chi connectivity index (χ1) is 7.06. The number of carbonyl (C=O) groups is 2. The summed E-state index contributed by atoms with van der Waals surface area (Å²) in [6.07, 6.45) is 0. The number of hydrogen-bond acceptors (Lipinski definition) is 3. The lowest BCUT2D eigenvalue weighted by Gasteiger charge is -2.06. The van der Waals surface area contributed by atoms with Gasteiger partial charge < -0.3 is 9.84 Å². The van der Waals surface area contributed by atoms with Gasteiger partial charge in [0, 0.05) is 5.56 Å². The van der Waals surface area contributed by atoms with Crippen molar-refractivity contribution in [1.82, 2.24) is 0 Å². The second kappa shape index (κ2) is 4.93. The Hall–Kier alpha value is -1.36.